The summed E-state index contributed by atoms with van der Waals surface area (Å²) in [5, 5.41) is 3.02. The number of nitrogens with one attached hydrogen (secondary N) is 1. The Bertz CT molecular complexity index is 673. The standard InChI is InChI=1S/C21H32N4O3/c1-23-10-12-24(13-11-23)9-4-3-8-22-21(27)17-14-20(26)25(16-17)18-6-5-7-19(15-18)28-2/h5-7,15,17H,3-4,8-14,16H2,1-2H3,(H,22,27). The van der Waals surface area contributed by atoms with Crippen LogP contribution in [0.3, 0.4) is 0 Å². The second-order valence-electron chi connectivity index (χ2n) is 7.75. The normalized spacial score (nSPS) is 21.1. The Morgan fingerprint density at radius 3 is 2.75 bits per heavy atom. The third kappa shape index (κ3) is 5.45. The molecule has 7 heteroatoms. The first-order valence-corrected chi connectivity index (χ1v) is 10.2. The van der Waals surface area contributed by atoms with Crippen LogP contribution in [0, 0.1) is 5.92 Å². The maximum absolute atomic E-state index is 12.5. The molecule has 7 nitrogen and oxygen atoms in total. The van der Waals surface area contributed by atoms with Crippen molar-refractivity contribution in [3.63, 3.8) is 0 Å². The number of benzene rings is 1. The average Bonchev–Trinajstić information content (AvgIpc) is 3.11. The van der Waals surface area contributed by atoms with Crippen molar-refractivity contribution in [3.05, 3.63) is 24.3 Å². The van der Waals surface area contributed by atoms with E-state index in [-0.39, 0.29) is 24.2 Å². The maximum Gasteiger partial charge on any atom is 0.227 e. The molecule has 1 unspecified atom stereocenters. The first kappa shape index (κ1) is 20.6. The van der Waals surface area contributed by atoms with Crippen LogP contribution in [0.4, 0.5) is 5.69 Å². The molecule has 0 saturated carbocycles. The summed E-state index contributed by atoms with van der Waals surface area (Å²) < 4.78 is 5.23. The van der Waals surface area contributed by atoms with E-state index in [2.05, 4.69) is 22.2 Å². The van der Waals surface area contributed by atoms with Crippen LogP contribution in [0.5, 0.6) is 5.75 Å². The molecule has 0 radical (unpaired) electrons. The van der Waals surface area contributed by atoms with Crippen LogP contribution in [0.1, 0.15) is 19.3 Å². The molecule has 0 spiro atoms. The fourth-order valence-corrected chi connectivity index (χ4v) is 3.80. The molecule has 1 atom stereocenters. The van der Waals surface area contributed by atoms with E-state index in [1.165, 1.54) is 0 Å². The molecule has 1 aromatic rings. The van der Waals surface area contributed by atoms with Crippen LogP contribution < -0.4 is 15.0 Å². The maximum atomic E-state index is 12.5. The Kier molecular flexibility index (Phi) is 7.28. The van der Waals surface area contributed by atoms with E-state index in [0.717, 1.165) is 51.3 Å². The molecule has 2 aliphatic heterocycles. The summed E-state index contributed by atoms with van der Waals surface area (Å²) >= 11 is 0. The van der Waals surface area contributed by atoms with E-state index in [9.17, 15) is 9.59 Å². The van der Waals surface area contributed by atoms with Crippen LogP contribution >= 0.6 is 0 Å². The van der Waals surface area contributed by atoms with Gasteiger partial charge in [0.05, 0.1) is 13.0 Å². The van der Waals surface area contributed by atoms with Gasteiger partial charge in [0, 0.05) is 57.4 Å². The van der Waals surface area contributed by atoms with Crippen molar-refractivity contribution in [1.29, 1.82) is 0 Å². The number of carbonyl (C=O) groups excluding carboxylic acids is 2. The van der Waals surface area contributed by atoms with E-state index in [1.807, 2.05) is 24.3 Å². The number of piperazine rings is 1. The Morgan fingerprint density at radius 2 is 2.00 bits per heavy atom. The van der Waals surface area contributed by atoms with Gasteiger partial charge in [0.15, 0.2) is 0 Å². The molecule has 2 aliphatic rings. The summed E-state index contributed by atoms with van der Waals surface area (Å²) in [5.41, 5.74) is 0.784. The van der Waals surface area contributed by atoms with Crippen LogP contribution in [-0.4, -0.2) is 81.6 Å². The highest BCUT2D eigenvalue weighted by Crippen LogP contribution is 2.27. The lowest BCUT2D eigenvalue weighted by Gasteiger charge is -2.32. The van der Waals surface area contributed by atoms with Gasteiger partial charge >= 0.3 is 0 Å². The third-order valence-corrected chi connectivity index (χ3v) is 5.66. The van der Waals surface area contributed by atoms with Crippen LogP contribution in [0.25, 0.3) is 0 Å². The third-order valence-electron chi connectivity index (χ3n) is 5.66. The van der Waals surface area contributed by atoms with Crippen molar-refractivity contribution in [2.45, 2.75) is 19.3 Å². The van der Waals surface area contributed by atoms with Crippen molar-refractivity contribution in [3.8, 4) is 5.75 Å². The molecule has 2 saturated heterocycles. The highest BCUT2D eigenvalue weighted by molar-refractivity contribution is 6.00. The first-order chi connectivity index (χ1) is 13.6. The average molecular weight is 389 g/mol. The van der Waals surface area contributed by atoms with Gasteiger partial charge < -0.3 is 24.8 Å². The lowest BCUT2D eigenvalue weighted by molar-refractivity contribution is -0.126. The number of likely N-dealkylation sites (N-methyl/N-ethyl adjacent to an activating group) is 1. The fourth-order valence-electron chi connectivity index (χ4n) is 3.80. The van der Waals surface area contributed by atoms with E-state index in [0.29, 0.717) is 18.8 Å². The van der Waals surface area contributed by atoms with Crippen LogP contribution in [0.2, 0.25) is 0 Å². The second kappa shape index (κ2) is 9.89. The summed E-state index contributed by atoms with van der Waals surface area (Å²) in [5.74, 6) is 0.400. The lowest BCUT2D eigenvalue weighted by atomic mass is 10.1. The minimum Gasteiger partial charge on any atom is -0.497 e. The Balaban J connectivity index is 1.37. The number of carbonyl (C=O) groups is 2. The number of unbranched alkanes of at least 4 members (excludes halogenated alkanes) is 1. The highest BCUT2D eigenvalue weighted by atomic mass is 16.5. The molecule has 0 aromatic heterocycles. The summed E-state index contributed by atoms with van der Waals surface area (Å²) in [4.78, 5) is 31.3. The van der Waals surface area contributed by atoms with Gasteiger partial charge in [-0.25, -0.2) is 0 Å². The predicted octanol–water partition coefficient (Wildman–Crippen LogP) is 1.19. The van der Waals surface area contributed by atoms with Crippen molar-refractivity contribution in [1.82, 2.24) is 15.1 Å². The number of rotatable bonds is 8. The molecule has 0 bridgehead atoms. The number of nitrogens with zero attached hydrogens (tertiary/aromatic N) is 3. The molecule has 28 heavy (non-hydrogen) atoms. The molecule has 154 valence electrons. The monoisotopic (exact) mass is 388 g/mol. The van der Waals surface area contributed by atoms with E-state index < -0.39 is 0 Å². The van der Waals surface area contributed by atoms with Gasteiger partial charge in [-0.2, -0.15) is 0 Å². The number of hydrogen-bond donors (Lipinski definition) is 1. The number of hydrogen-bond acceptors (Lipinski definition) is 5. The van der Waals surface area contributed by atoms with E-state index >= 15 is 0 Å². The number of ether oxygens (including phenoxy) is 1. The van der Waals surface area contributed by atoms with Gasteiger partial charge in [0.1, 0.15) is 5.75 Å². The molecular weight excluding hydrogens is 356 g/mol. The molecule has 1 N–H and O–H groups in total. The Morgan fingerprint density at radius 1 is 1.21 bits per heavy atom. The Hall–Kier alpha value is -2.12. The lowest BCUT2D eigenvalue weighted by Crippen LogP contribution is -2.44. The van der Waals surface area contributed by atoms with Gasteiger partial charge in [-0.15, -0.1) is 0 Å². The number of amides is 2. The largest absolute Gasteiger partial charge is 0.497 e. The highest BCUT2D eigenvalue weighted by Gasteiger charge is 2.35. The number of anilines is 1. The zero-order chi connectivity index (χ0) is 19.9. The molecular formula is C21H32N4O3. The molecule has 2 fully saturated rings. The molecule has 2 heterocycles. The van der Waals surface area contributed by atoms with Gasteiger partial charge in [0.25, 0.3) is 0 Å². The van der Waals surface area contributed by atoms with Crippen molar-refractivity contribution in [2.75, 3.05) is 64.9 Å². The topological polar surface area (TPSA) is 65.1 Å². The molecule has 3 rings (SSSR count). The van der Waals surface area contributed by atoms with E-state index in [1.54, 1.807) is 12.0 Å². The van der Waals surface area contributed by atoms with Crippen molar-refractivity contribution < 1.29 is 14.3 Å². The van der Waals surface area contributed by atoms with Crippen LogP contribution in [-0.2, 0) is 9.59 Å². The summed E-state index contributed by atoms with van der Waals surface area (Å²) in [7, 11) is 3.76. The SMILES string of the molecule is COc1cccc(N2CC(C(=O)NCCCCN3CCN(C)CC3)CC2=O)c1. The quantitative estimate of drug-likeness (QED) is 0.678. The van der Waals surface area contributed by atoms with Gasteiger partial charge in [-0.05, 0) is 38.6 Å². The summed E-state index contributed by atoms with van der Waals surface area (Å²) in [6, 6.07) is 7.40. The zero-order valence-electron chi connectivity index (χ0n) is 17.0. The smallest absolute Gasteiger partial charge is 0.227 e. The van der Waals surface area contributed by atoms with Crippen molar-refractivity contribution in [2.24, 2.45) is 5.92 Å². The minimum absolute atomic E-state index is 0.0107. The van der Waals surface area contributed by atoms with Gasteiger partial charge in [0.2, 0.25) is 11.8 Å². The minimum atomic E-state index is -0.281. The van der Waals surface area contributed by atoms with Gasteiger partial charge in [-0.1, -0.05) is 6.07 Å². The van der Waals surface area contributed by atoms with Gasteiger partial charge in [-0.3, -0.25) is 9.59 Å². The molecule has 2 amide bonds. The predicted molar refractivity (Wildman–Crippen MR) is 110 cm³/mol. The summed E-state index contributed by atoms with van der Waals surface area (Å²) in [6.07, 6.45) is 2.33. The second-order valence-corrected chi connectivity index (χ2v) is 7.75. The first-order valence-electron chi connectivity index (χ1n) is 10.2. The number of methoxy groups -OCH3 is 1. The zero-order valence-corrected chi connectivity index (χ0v) is 17.0. The summed E-state index contributed by atoms with van der Waals surface area (Å²) in [6.45, 7) is 6.73. The van der Waals surface area contributed by atoms with E-state index in [4.69, 9.17) is 4.74 Å². The van der Waals surface area contributed by atoms with Crippen molar-refractivity contribution >= 4 is 17.5 Å². The van der Waals surface area contributed by atoms with Crippen LogP contribution in [0.15, 0.2) is 24.3 Å². The fraction of sp³-hybridized carbons (Fsp3) is 0.619. The molecule has 1 aromatic carbocycles. The molecule has 0 aliphatic carbocycles. The Labute approximate surface area is 167 Å².